The molecule has 0 aliphatic carbocycles. The Morgan fingerprint density at radius 1 is 1.40 bits per heavy atom. The van der Waals surface area contributed by atoms with Crippen molar-refractivity contribution in [2.24, 2.45) is 0 Å². The summed E-state index contributed by atoms with van der Waals surface area (Å²) in [7, 11) is 0. The first-order valence-corrected chi connectivity index (χ1v) is 7.90. The molecule has 3 aromatic heterocycles. The first kappa shape index (κ1) is 16.6. The Morgan fingerprint density at radius 3 is 3.00 bits per heavy atom. The Labute approximate surface area is 144 Å². The molecule has 0 radical (unpaired) electrons. The van der Waals surface area contributed by atoms with Crippen molar-refractivity contribution >= 4 is 29.1 Å². The van der Waals surface area contributed by atoms with Gasteiger partial charge >= 0.3 is 0 Å². The third-order valence-electron chi connectivity index (χ3n) is 3.67. The summed E-state index contributed by atoms with van der Waals surface area (Å²) in [5, 5.41) is 2.90. The second-order valence-corrected chi connectivity index (χ2v) is 5.74. The van der Waals surface area contributed by atoms with Crippen LogP contribution >= 0.6 is 0 Å². The van der Waals surface area contributed by atoms with Gasteiger partial charge in [0.05, 0.1) is 11.2 Å². The maximum atomic E-state index is 12.3. The van der Waals surface area contributed by atoms with Gasteiger partial charge in [-0.2, -0.15) is 0 Å². The van der Waals surface area contributed by atoms with Crippen molar-refractivity contribution in [1.29, 1.82) is 0 Å². The first-order valence-electron chi connectivity index (χ1n) is 7.90. The van der Waals surface area contributed by atoms with Crippen molar-refractivity contribution in [3.05, 3.63) is 47.7 Å². The molecule has 4 N–H and O–H groups in total. The Kier molecular flexibility index (Phi) is 4.69. The van der Waals surface area contributed by atoms with E-state index < -0.39 is 0 Å². The molecule has 0 aliphatic heterocycles. The number of aromatic nitrogens is 5. The highest BCUT2D eigenvalue weighted by Gasteiger charge is 2.13. The average Bonchev–Trinajstić information content (AvgIpc) is 3.01. The van der Waals surface area contributed by atoms with Crippen LogP contribution in [0.15, 0.2) is 30.6 Å². The smallest absolute Gasteiger partial charge is 0.287 e. The molecule has 1 atom stereocenters. The minimum atomic E-state index is -0.258. The molecule has 0 fully saturated rings. The van der Waals surface area contributed by atoms with Gasteiger partial charge in [0.2, 0.25) is 5.95 Å². The van der Waals surface area contributed by atoms with Crippen molar-refractivity contribution in [3.63, 3.8) is 0 Å². The molecular formula is C17H19N7O. The highest BCUT2D eigenvalue weighted by molar-refractivity contribution is 5.93. The van der Waals surface area contributed by atoms with Gasteiger partial charge < -0.3 is 16.0 Å². The first-order chi connectivity index (χ1) is 12.0. The Balaban J connectivity index is 1.59. The third-order valence-corrected chi connectivity index (χ3v) is 3.67. The number of nitrogen functional groups attached to an aromatic ring is 1. The van der Waals surface area contributed by atoms with Gasteiger partial charge in [-0.3, -0.25) is 4.79 Å². The van der Waals surface area contributed by atoms with Gasteiger partial charge in [0.1, 0.15) is 0 Å². The lowest BCUT2D eigenvalue weighted by molar-refractivity contribution is 0.0931. The van der Waals surface area contributed by atoms with Gasteiger partial charge in [-0.05, 0) is 32.4 Å². The van der Waals surface area contributed by atoms with Crippen molar-refractivity contribution in [2.45, 2.75) is 26.3 Å². The van der Waals surface area contributed by atoms with Gasteiger partial charge in [0.25, 0.3) is 5.91 Å². The summed E-state index contributed by atoms with van der Waals surface area (Å²) in [4.78, 5) is 31.6. The zero-order valence-corrected chi connectivity index (χ0v) is 14.0. The Hall–Kier alpha value is -3.29. The van der Waals surface area contributed by atoms with E-state index in [1.165, 1.54) is 0 Å². The van der Waals surface area contributed by atoms with E-state index in [9.17, 15) is 4.79 Å². The summed E-state index contributed by atoms with van der Waals surface area (Å²) >= 11 is 0. The highest BCUT2D eigenvalue weighted by atomic mass is 16.2. The standard InChI is InChI=1S/C17H19N7O/c1-10(5-3-6-12-9-20-17(18)22-11(12)2)21-16(25)15-23-13-7-4-8-19-14(13)24-15/h3-4,6-10H,5H2,1-2H3,(H,21,25)(H2,18,20,22)(H,19,23,24)/b6-3+/t10-/m0/s1. The van der Waals surface area contributed by atoms with E-state index in [1.54, 1.807) is 18.5 Å². The Bertz CT molecular complexity index is 899. The summed E-state index contributed by atoms with van der Waals surface area (Å²) in [5.41, 5.74) is 8.51. The van der Waals surface area contributed by atoms with Crippen LogP contribution < -0.4 is 11.1 Å². The van der Waals surface area contributed by atoms with Crippen LogP contribution in [0.2, 0.25) is 0 Å². The molecule has 3 rings (SSSR count). The molecular weight excluding hydrogens is 318 g/mol. The van der Waals surface area contributed by atoms with Crippen LogP contribution in [0.25, 0.3) is 17.2 Å². The zero-order chi connectivity index (χ0) is 17.8. The number of carbonyl (C=O) groups excluding carboxylic acids is 1. The minimum absolute atomic E-state index is 0.0556. The van der Waals surface area contributed by atoms with Gasteiger partial charge in [0.15, 0.2) is 11.5 Å². The van der Waals surface area contributed by atoms with E-state index >= 15 is 0 Å². The molecule has 8 nitrogen and oxygen atoms in total. The number of rotatable bonds is 5. The number of hydrogen-bond acceptors (Lipinski definition) is 6. The number of nitrogens with zero attached hydrogens (tertiary/aromatic N) is 4. The molecule has 0 spiro atoms. The molecule has 0 unspecified atom stereocenters. The summed E-state index contributed by atoms with van der Waals surface area (Å²) in [6, 6.07) is 3.56. The number of fused-ring (bicyclic) bond motifs is 1. The number of anilines is 1. The molecule has 1 amide bonds. The largest absolute Gasteiger partial charge is 0.368 e. The van der Waals surface area contributed by atoms with Gasteiger partial charge in [0, 0.05) is 24.0 Å². The fraction of sp³-hybridized carbons (Fsp3) is 0.235. The normalized spacial score (nSPS) is 12.6. The minimum Gasteiger partial charge on any atom is -0.368 e. The van der Waals surface area contributed by atoms with Crippen molar-refractivity contribution < 1.29 is 4.79 Å². The van der Waals surface area contributed by atoms with E-state index in [4.69, 9.17) is 5.73 Å². The molecule has 25 heavy (non-hydrogen) atoms. The predicted octanol–water partition coefficient (Wildman–Crippen LogP) is 1.86. The topological polar surface area (TPSA) is 122 Å². The van der Waals surface area contributed by atoms with Crippen molar-refractivity contribution in [2.75, 3.05) is 5.73 Å². The zero-order valence-electron chi connectivity index (χ0n) is 14.0. The lowest BCUT2D eigenvalue weighted by Crippen LogP contribution is -2.32. The van der Waals surface area contributed by atoms with Crippen LogP contribution in [0.4, 0.5) is 5.95 Å². The monoisotopic (exact) mass is 337 g/mol. The Morgan fingerprint density at radius 2 is 2.24 bits per heavy atom. The van der Waals surface area contributed by atoms with Crippen LogP contribution in [0.3, 0.4) is 0 Å². The molecule has 0 saturated heterocycles. The summed E-state index contributed by atoms with van der Waals surface area (Å²) in [6.45, 7) is 3.80. The number of aromatic amines is 1. The number of H-pyrrole nitrogens is 1. The molecule has 0 aliphatic rings. The summed E-state index contributed by atoms with van der Waals surface area (Å²) in [6.07, 6.45) is 7.86. The van der Waals surface area contributed by atoms with Crippen LogP contribution in [0.1, 0.15) is 35.2 Å². The molecule has 3 heterocycles. The van der Waals surface area contributed by atoms with Gasteiger partial charge in [-0.1, -0.05) is 12.2 Å². The number of carbonyl (C=O) groups is 1. The van der Waals surface area contributed by atoms with Crippen LogP contribution in [-0.4, -0.2) is 36.9 Å². The summed E-state index contributed by atoms with van der Waals surface area (Å²) in [5.74, 6) is 0.258. The number of hydrogen-bond donors (Lipinski definition) is 3. The van der Waals surface area contributed by atoms with Crippen LogP contribution in [0, 0.1) is 6.92 Å². The quantitative estimate of drug-likeness (QED) is 0.653. The predicted molar refractivity (Wildman–Crippen MR) is 95.6 cm³/mol. The third kappa shape index (κ3) is 3.97. The molecule has 3 aromatic rings. The molecule has 0 aromatic carbocycles. The van der Waals surface area contributed by atoms with Crippen LogP contribution in [-0.2, 0) is 0 Å². The number of imidazole rings is 1. The maximum Gasteiger partial charge on any atom is 0.287 e. The van der Waals surface area contributed by atoms with Gasteiger partial charge in [-0.15, -0.1) is 0 Å². The van der Waals surface area contributed by atoms with Crippen molar-refractivity contribution in [1.82, 2.24) is 30.2 Å². The number of pyridine rings is 1. The average molecular weight is 337 g/mol. The second-order valence-electron chi connectivity index (χ2n) is 5.74. The molecule has 8 heteroatoms. The van der Waals surface area contributed by atoms with E-state index in [0.29, 0.717) is 12.1 Å². The van der Waals surface area contributed by atoms with E-state index in [2.05, 4.69) is 30.2 Å². The number of nitrogens with one attached hydrogen (secondary N) is 2. The second kappa shape index (κ2) is 7.08. The highest BCUT2D eigenvalue weighted by Crippen LogP contribution is 2.09. The van der Waals surface area contributed by atoms with E-state index in [1.807, 2.05) is 32.1 Å². The lowest BCUT2D eigenvalue weighted by atomic mass is 10.1. The van der Waals surface area contributed by atoms with Gasteiger partial charge in [-0.25, -0.2) is 19.9 Å². The fourth-order valence-corrected chi connectivity index (χ4v) is 2.36. The SMILES string of the molecule is Cc1nc(N)ncc1/C=C/C[C@H](C)NC(=O)c1nc2ncccc2[nH]1. The van der Waals surface area contributed by atoms with Crippen molar-refractivity contribution in [3.8, 4) is 0 Å². The fourth-order valence-electron chi connectivity index (χ4n) is 2.36. The molecule has 128 valence electrons. The van der Waals surface area contributed by atoms with E-state index in [0.717, 1.165) is 16.8 Å². The number of nitrogens with two attached hydrogens (primary N) is 1. The maximum absolute atomic E-state index is 12.3. The number of amides is 1. The molecule has 0 bridgehead atoms. The van der Waals surface area contributed by atoms with Crippen LogP contribution in [0.5, 0.6) is 0 Å². The summed E-state index contributed by atoms with van der Waals surface area (Å²) < 4.78 is 0. The molecule has 0 saturated carbocycles. The van der Waals surface area contributed by atoms with E-state index in [-0.39, 0.29) is 23.7 Å². The number of aryl methyl sites for hydroxylation is 1. The lowest BCUT2D eigenvalue weighted by Gasteiger charge is -2.10.